The van der Waals surface area contributed by atoms with Crippen LogP contribution in [0.4, 0.5) is 8.78 Å². The summed E-state index contributed by atoms with van der Waals surface area (Å²) >= 11 is 0. The number of benzene rings is 2. The number of aryl methyl sites for hydroxylation is 1. The van der Waals surface area contributed by atoms with Crippen LogP contribution in [0.2, 0.25) is 0 Å². The maximum absolute atomic E-state index is 13.9. The Labute approximate surface area is 122 Å². The molecule has 21 heavy (non-hydrogen) atoms. The summed E-state index contributed by atoms with van der Waals surface area (Å²) in [6.45, 7) is 5.85. The molecule has 0 heterocycles. The topological polar surface area (TPSA) is 33.0 Å². The molecule has 2 aromatic rings. The van der Waals surface area contributed by atoms with Gasteiger partial charge in [0, 0.05) is 0 Å². The molecule has 0 N–H and O–H groups in total. The SMILES string of the molecule is Cc1ccc(C(C)C)cc1Oc1c(F)cc(C#N)cc1F. The van der Waals surface area contributed by atoms with E-state index in [-0.39, 0.29) is 11.5 Å². The highest BCUT2D eigenvalue weighted by molar-refractivity contribution is 5.43. The Kier molecular flexibility index (Phi) is 4.23. The van der Waals surface area contributed by atoms with Crippen molar-refractivity contribution in [2.75, 3.05) is 0 Å². The molecule has 2 aromatic carbocycles. The molecular weight excluding hydrogens is 272 g/mol. The highest BCUT2D eigenvalue weighted by Gasteiger charge is 2.15. The molecule has 0 aliphatic heterocycles. The molecule has 0 saturated carbocycles. The summed E-state index contributed by atoms with van der Waals surface area (Å²) in [5.41, 5.74) is 1.72. The molecule has 0 aromatic heterocycles. The maximum atomic E-state index is 13.9. The lowest BCUT2D eigenvalue weighted by Gasteiger charge is -2.13. The van der Waals surface area contributed by atoms with Crippen LogP contribution < -0.4 is 4.74 Å². The second kappa shape index (κ2) is 5.92. The Morgan fingerprint density at radius 1 is 1.10 bits per heavy atom. The molecule has 0 atom stereocenters. The fraction of sp³-hybridized carbons (Fsp3) is 0.235. The minimum absolute atomic E-state index is 0.0787. The van der Waals surface area contributed by atoms with Gasteiger partial charge >= 0.3 is 0 Å². The van der Waals surface area contributed by atoms with E-state index in [4.69, 9.17) is 10.00 Å². The lowest BCUT2D eigenvalue weighted by Crippen LogP contribution is -1.97. The highest BCUT2D eigenvalue weighted by atomic mass is 19.1. The molecule has 0 aliphatic rings. The van der Waals surface area contributed by atoms with E-state index in [1.165, 1.54) is 0 Å². The normalized spacial score (nSPS) is 10.5. The standard InChI is InChI=1S/C17H15F2NO/c1-10(2)13-5-4-11(3)16(8-13)21-17-14(18)6-12(9-20)7-15(17)19/h4-8,10H,1-3H3. The third kappa shape index (κ3) is 3.19. The highest BCUT2D eigenvalue weighted by Crippen LogP contribution is 2.32. The number of nitrogens with zero attached hydrogens (tertiary/aromatic N) is 1. The van der Waals surface area contributed by atoms with Gasteiger partial charge in [0.2, 0.25) is 0 Å². The number of nitriles is 1. The van der Waals surface area contributed by atoms with Crippen LogP contribution in [0.25, 0.3) is 0 Å². The molecule has 0 bridgehead atoms. The Morgan fingerprint density at radius 3 is 2.24 bits per heavy atom. The maximum Gasteiger partial charge on any atom is 0.198 e. The van der Waals surface area contributed by atoms with Crippen LogP contribution in [-0.4, -0.2) is 0 Å². The Morgan fingerprint density at radius 2 is 1.71 bits per heavy atom. The lowest BCUT2D eigenvalue weighted by atomic mass is 10.0. The van der Waals surface area contributed by atoms with Gasteiger partial charge in [-0.2, -0.15) is 5.26 Å². The third-order valence-corrected chi connectivity index (χ3v) is 3.22. The second-order valence-electron chi connectivity index (χ2n) is 5.16. The molecular formula is C17H15F2NO. The van der Waals surface area contributed by atoms with Gasteiger partial charge in [-0.25, -0.2) is 8.78 Å². The molecule has 0 aliphatic carbocycles. The van der Waals surface area contributed by atoms with Crippen LogP contribution in [-0.2, 0) is 0 Å². The fourth-order valence-corrected chi connectivity index (χ4v) is 1.92. The molecule has 0 amide bonds. The van der Waals surface area contributed by atoms with Crippen molar-refractivity contribution in [1.29, 1.82) is 5.26 Å². The van der Waals surface area contributed by atoms with Crippen LogP contribution in [0.15, 0.2) is 30.3 Å². The van der Waals surface area contributed by atoms with Crippen molar-refractivity contribution in [2.24, 2.45) is 0 Å². The summed E-state index contributed by atoms with van der Waals surface area (Å²) in [4.78, 5) is 0. The molecule has 0 fully saturated rings. The van der Waals surface area contributed by atoms with Gasteiger partial charge in [-0.1, -0.05) is 26.0 Å². The Hall–Kier alpha value is -2.41. The predicted octanol–water partition coefficient (Wildman–Crippen LogP) is 5.06. The average molecular weight is 287 g/mol. The minimum Gasteiger partial charge on any atom is -0.451 e. The molecule has 2 nitrogen and oxygen atoms in total. The summed E-state index contributed by atoms with van der Waals surface area (Å²) in [5, 5.41) is 8.68. The van der Waals surface area contributed by atoms with Crippen LogP contribution in [0, 0.1) is 29.9 Å². The first-order valence-corrected chi connectivity index (χ1v) is 6.60. The number of halogens is 2. The van der Waals surface area contributed by atoms with Gasteiger partial charge in [-0.05, 0) is 42.2 Å². The first-order valence-electron chi connectivity index (χ1n) is 6.60. The molecule has 0 spiro atoms. The van der Waals surface area contributed by atoms with Crippen molar-refractivity contribution >= 4 is 0 Å². The van der Waals surface area contributed by atoms with Crippen molar-refractivity contribution in [3.05, 3.63) is 58.7 Å². The van der Waals surface area contributed by atoms with Gasteiger partial charge in [0.05, 0.1) is 11.6 Å². The van der Waals surface area contributed by atoms with Crippen molar-refractivity contribution in [1.82, 2.24) is 0 Å². The minimum atomic E-state index is -0.888. The average Bonchev–Trinajstić information content (AvgIpc) is 2.44. The lowest BCUT2D eigenvalue weighted by molar-refractivity contribution is 0.404. The van der Waals surface area contributed by atoms with Crippen LogP contribution in [0.5, 0.6) is 11.5 Å². The molecule has 0 saturated heterocycles. The largest absolute Gasteiger partial charge is 0.451 e. The molecule has 0 unspecified atom stereocenters. The van der Waals surface area contributed by atoms with Crippen molar-refractivity contribution in [2.45, 2.75) is 26.7 Å². The van der Waals surface area contributed by atoms with Gasteiger partial charge in [0.1, 0.15) is 5.75 Å². The summed E-state index contributed by atoms with van der Waals surface area (Å²) < 4.78 is 33.1. The van der Waals surface area contributed by atoms with E-state index in [1.54, 1.807) is 19.1 Å². The fourth-order valence-electron chi connectivity index (χ4n) is 1.92. The summed E-state index contributed by atoms with van der Waals surface area (Å²) in [7, 11) is 0. The smallest absolute Gasteiger partial charge is 0.198 e. The zero-order valence-electron chi connectivity index (χ0n) is 12.1. The van der Waals surface area contributed by atoms with E-state index < -0.39 is 17.4 Å². The molecule has 108 valence electrons. The number of rotatable bonds is 3. The van der Waals surface area contributed by atoms with Crippen LogP contribution in [0.1, 0.15) is 36.5 Å². The number of hydrogen-bond acceptors (Lipinski definition) is 2. The predicted molar refractivity (Wildman–Crippen MR) is 76.4 cm³/mol. The number of ether oxygens (including phenoxy) is 1. The molecule has 0 radical (unpaired) electrons. The second-order valence-corrected chi connectivity index (χ2v) is 5.16. The third-order valence-electron chi connectivity index (χ3n) is 3.22. The van der Waals surface area contributed by atoms with Crippen molar-refractivity contribution < 1.29 is 13.5 Å². The Bertz CT molecular complexity index is 694. The molecule has 2 rings (SSSR count). The molecule has 4 heteroatoms. The van der Waals surface area contributed by atoms with E-state index in [2.05, 4.69) is 0 Å². The van der Waals surface area contributed by atoms with E-state index in [0.29, 0.717) is 5.75 Å². The van der Waals surface area contributed by atoms with E-state index >= 15 is 0 Å². The first kappa shape index (κ1) is 15.0. The van der Waals surface area contributed by atoms with Crippen molar-refractivity contribution in [3.63, 3.8) is 0 Å². The van der Waals surface area contributed by atoms with Gasteiger partial charge in [0.25, 0.3) is 0 Å². The monoisotopic (exact) mass is 287 g/mol. The number of hydrogen-bond donors (Lipinski definition) is 0. The quantitative estimate of drug-likeness (QED) is 0.790. The Balaban J connectivity index is 2.43. The van der Waals surface area contributed by atoms with Gasteiger partial charge in [-0.3, -0.25) is 0 Å². The van der Waals surface area contributed by atoms with Gasteiger partial charge < -0.3 is 4.74 Å². The van der Waals surface area contributed by atoms with Crippen LogP contribution >= 0.6 is 0 Å². The zero-order valence-corrected chi connectivity index (χ0v) is 12.1. The van der Waals surface area contributed by atoms with Gasteiger partial charge in [-0.15, -0.1) is 0 Å². The van der Waals surface area contributed by atoms with Gasteiger partial charge in [0.15, 0.2) is 17.4 Å². The summed E-state index contributed by atoms with van der Waals surface area (Å²) in [6, 6.07) is 9.20. The van der Waals surface area contributed by atoms with E-state index in [0.717, 1.165) is 23.3 Å². The van der Waals surface area contributed by atoms with Crippen LogP contribution in [0.3, 0.4) is 0 Å². The summed E-state index contributed by atoms with van der Waals surface area (Å²) in [5.74, 6) is -1.58. The zero-order chi connectivity index (χ0) is 15.6. The first-order chi connectivity index (χ1) is 9.92. The van der Waals surface area contributed by atoms with E-state index in [9.17, 15) is 8.78 Å². The van der Waals surface area contributed by atoms with Crippen molar-refractivity contribution in [3.8, 4) is 17.6 Å². The summed E-state index contributed by atoms with van der Waals surface area (Å²) in [6.07, 6.45) is 0. The van der Waals surface area contributed by atoms with E-state index in [1.807, 2.05) is 26.0 Å².